The van der Waals surface area contributed by atoms with E-state index in [1.54, 1.807) is 7.05 Å². The molecule has 2 N–H and O–H groups in total. The molecular formula is C25H34N4O2. The largest absolute Gasteiger partial charge is 0.494 e. The third kappa shape index (κ3) is 7.02. The van der Waals surface area contributed by atoms with Gasteiger partial charge in [0.1, 0.15) is 5.75 Å². The van der Waals surface area contributed by atoms with Crippen molar-refractivity contribution in [2.45, 2.75) is 26.2 Å². The average Bonchev–Trinajstić information content (AvgIpc) is 3.16. The van der Waals surface area contributed by atoms with Gasteiger partial charge in [0.05, 0.1) is 6.61 Å². The van der Waals surface area contributed by atoms with Crippen LogP contribution in [-0.4, -0.2) is 56.6 Å². The first-order chi connectivity index (χ1) is 15.2. The molecule has 1 saturated heterocycles. The van der Waals surface area contributed by atoms with Gasteiger partial charge >= 0.3 is 0 Å². The smallest absolute Gasteiger partial charge is 0.223 e. The SMILES string of the molecule is CCOc1ccccc1CCNC(=NC)NCC1CC(=O)N(CCc2ccccc2)C1. The zero-order chi connectivity index (χ0) is 21.9. The fourth-order valence-electron chi connectivity index (χ4n) is 3.90. The van der Waals surface area contributed by atoms with Crippen LogP contribution >= 0.6 is 0 Å². The molecule has 2 aromatic rings. The highest BCUT2D eigenvalue weighted by molar-refractivity contribution is 5.80. The lowest BCUT2D eigenvalue weighted by atomic mass is 10.1. The molecule has 2 aromatic carbocycles. The van der Waals surface area contributed by atoms with Crippen LogP contribution in [0.1, 0.15) is 24.5 Å². The highest BCUT2D eigenvalue weighted by atomic mass is 16.5. The molecule has 1 aliphatic heterocycles. The van der Waals surface area contributed by atoms with Crippen LogP contribution in [0.4, 0.5) is 0 Å². The first-order valence-electron chi connectivity index (χ1n) is 11.2. The molecule has 1 fully saturated rings. The minimum absolute atomic E-state index is 0.248. The van der Waals surface area contributed by atoms with Crippen LogP contribution < -0.4 is 15.4 Å². The number of amides is 1. The monoisotopic (exact) mass is 422 g/mol. The first kappa shape index (κ1) is 22.7. The summed E-state index contributed by atoms with van der Waals surface area (Å²) >= 11 is 0. The molecule has 6 nitrogen and oxygen atoms in total. The summed E-state index contributed by atoms with van der Waals surface area (Å²) in [6.07, 6.45) is 2.35. The van der Waals surface area contributed by atoms with E-state index in [1.165, 1.54) is 11.1 Å². The fourth-order valence-corrected chi connectivity index (χ4v) is 3.90. The Kier molecular flexibility index (Phi) is 8.76. The normalized spacial score (nSPS) is 16.5. The second-order valence-electron chi connectivity index (χ2n) is 7.82. The van der Waals surface area contributed by atoms with Crippen molar-refractivity contribution in [2.75, 3.05) is 39.8 Å². The number of nitrogens with one attached hydrogen (secondary N) is 2. The molecular weight excluding hydrogens is 388 g/mol. The van der Waals surface area contributed by atoms with Gasteiger partial charge in [-0.3, -0.25) is 9.79 Å². The van der Waals surface area contributed by atoms with Crippen LogP contribution in [-0.2, 0) is 17.6 Å². The van der Waals surface area contributed by atoms with Crippen LogP contribution in [0.25, 0.3) is 0 Å². The molecule has 1 heterocycles. The standard InChI is InChI=1S/C25H34N4O2/c1-3-31-23-12-8-7-11-22(23)13-15-27-25(26-2)28-18-21-17-24(30)29(19-21)16-14-20-9-5-4-6-10-20/h4-12,21H,3,13-19H2,1-2H3,(H2,26,27,28). The third-order valence-corrected chi connectivity index (χ3v) is 5.55. The summed E-state index contributed by atoms with van der Waals surface area (Å²) in [6, 6.07) is 18.5. The number of nitrogens with zero attached hydrogens (tertiary/aromatic N) is 2. The van der Waals surface area contributed by atoms with Gasteiger partial charge in [0.2, 0.25) is 5.91 Å². The van der Waals surface area contributed by atoms with Gasteiger partial charge in [-0.1, -0.05) is 48.5 Å². The van der Waals surface area contributed by atoms with Gasteiger partial charge in [0.15, 0.2) is 5.96 Å². The quantitative estimate of drug-likeness (QED) is 0.456. The van der Waals surface area contributed by atoms with Crippen LogP contribution in [0.15, 0.2) is 59.6 Å². The van der Waals surface area contributed by atoms with Gasteiger partial charge in [0.25, 0.3) is 0 Å². The van der Waals surface area contributed by atoms with Gasteiger partial charge in [-0.05, 0) is 37.0 Å². The van der Waals surface area contributed by atoms with Crippen molar-refractivity contribution in [3.8, 4) is 5.75 Å². The third-order valence-electron chi connectivity index (χ3n) is 5.55. The topological polar surface area (TPSA) is 66.0 Å². The second-order valence-corrected chi connectivity index (χ2v) is 7.82. The van der Waals surface area contributed by atoms with Crippen molar-refractivity contribution in [1.82, 2.24) is 15.5 Å². The molecule has 1 amide bonds. The summed E-state index contributed by atoms with van der Waals surface area (Å²) in [5, 5.41) is 6.75. The van der Waals surface area contributed by atoms with Gasteiger partial charge in [-0.2, -0.15) is 0 Å². The molecule has 166 valence electrons. The molecule has 0 aliphatic carbocycles. The average molecular weight is 423 g/mol. The van der Waals surface area contributed by atoms with E-state index in [0.717, 1.165) is 50.7 Å². The maximum Gasteiger partial charge on any atom is 0.223 e. The van der Waals surface area contributed by atoms with E-state index in [1.807, 2.05) is 48.2 Å². The molecule has 3 rings (SSSR count). The first-order valence-corrected chi connectivity index (χ1v) is 11.2. The zero-order valence-corrected chi connectivity index (χ0v) is 18.6. The summed E-state index contributed by atoms with van der Waals surface area (Å²) in [6.45, 7) is 5.75. The van der Waals surface area contributed by atoms with E-state index >= 15 is 0 Å². The predicted molar refractivity (Wildman–Crippen MR) is 126 cm³/mol. The molecule has 0 aromatic heterocycles. The van der Waals surface area contributed by atoms with E-state index in [2.05, 4.69) is 33.8 Å². The molecule has 1 atom stereocenters. The van der Waals surface area contributed by atoms with Gasteiger partial charge in [-0.15, -0.1) is 0 Å². The van der Waals surface area contributed by atoms with Crippen molar-refractivity contribution in [2.24, 2.45) is 10.9 Å². The van der Waals surface area contributed by atoms with Crippen molar-refractivity contribution < 1.29 is 9.53 Å². The molecule has 1 aliphatic rings. The Morgan fingerprint density at radius 2 is 1.87 bits per heavy atom. The Labute approximate surface area is 185 Å². The number of benzene rings is 2. The maximum absolute atomic E-state index is 12.4. The number of guanidine groups is 1. The Bertz CT molecular complexity index is 854. The number of hydrogen-bond donors (Lipinski definition) is 2. The van der Waals surface area contributed by atoms with E-state index in [9.17, 15) is 4.79 Å². The lowest BCUT2D eigenvalue weighted by Crippen LogP contribution is -2.41. The van der Waals surface area contributed by atoms with Crippen molar-refractivity contribution >= 4 is 11.9 Å². The van der Waals surface area contributed by atoms with E-state index in [-0.39, 0.29) is 5.91 Å². The minimum Gasteiger partial charge on any atom is -0.494 e. The number of rotatable bonds is 10. The number of para-hydroxylation sites is 1. The Balaban J connectivity index is 1.39. The molecule has 1 unspecified atom stereocenters. The van der Waals surface area contributed by atoms with Gasteiger partial charge in [-0.25, -0.2) is 0 Å². The highest BCUT2D eigenvalue weighted by Gasteiger charge is 2.29. The van der Waals surface area contributed by atoms with Crippen molar-refractivity contribution in [1.29, 1.82) is 0 Å². The summed E-state index contributed by atoms with van der Waals surface area (Å²) in [7, 11) is 1.77. The Morgan fingerprint density at radius 1 is 1.10 bits per heavy atom. The van der Waals surface area contributed by atoms with Crippen LogP contribution in [0, 0.1) is 5.92 Å². The van der Waals surface area contributed by atoms with E-state index < -0.39 is 0 Å². The summed E-state index contributed by atoms with van der Waals surface area (Å²) in [5.41, 5.74) is 2.45. The van der Waals surface area contributed by atoms with Crippen LogP contribution in [0.5, 0.6) is 5.75 Å². The molecule has 0 radical (unpaired) electrons. The van der Waals surface area contributed by atoms with Crippen molar-refractivity contribution in [3.63, 3.8) is 0 Å². The van der Waals surface area contributed by atoms with Gasteiger partial charge in [0, 0.05) is 45.6 Å². The fraction of sp³-hybridized carbons (Fsp3) is 0.440. The number of likely N-dealkylation sites (tertiary alicyclic amines) is 1. The molecule has 6 heteroatoms. The van der Waals surface area contributed by atoms with Crippen molar-refractivity contribution in [3.05, 3.63) is 65.7 Å². The van der Waals surface area contributed by atoms with E-state index in [4.69, 9.17) is 4.74 Å². The maximum atomic E-state index is 12.4. The number of carbonyl (C=O) groups is 1. The predicted octanol–water partition coefficient (Wildman–Crippen LogP) is 2.88. The molecule has 0 spiro atoms. The van der Waals surface area contributed by atoms with Crippen LogP contribution in [0.3, 0.4) is 0 Å². The summed E-state index contributed by atoms with van der Waals surface area (Å²) in [5.74, 6) is 2.26. The Hall–Kier alpha value is -3.02. The highest BCUT2D eigenvalue weighted by Crippen LogP contribution is 2.19. The zero-order valence-electron chi connectivity index (χ0n) is 18.6. The number of aliphatic imine (C=N–C) groups is 1. The molecule has 0 bridgehead atoms. The van der Waals surface area contributed by atoms with E-state index in [0.29, 0.717) is 18.9 Å². The number of hydrogen-bond acceptors (Lipinski definition) is 3. The van der Waals surface area contributed by atoms with Gasteiger partial charge < -0.3 is 20.3 Å². The minimum atomic E-state index is 0.248. The molecule has 31 heavy (non-hydrogen) atoms. The Morgan fingerprint density at radius 3 is 2.65 bits per heavy atom. The second kappa shape index (κ2) is 12.0. The lowest BCUT2D eigenvalue weighted by Gasteiger charge is -2.18. The molecule has 0 saturated carbocycles. The van der Waals surface area contributed by atoms with Crippen LogP contribution in [0.2, 0.25) is 0 Å². The lowest BCUT2D eigenvalue weighted by molar-refractivity contribution is -0.127. The summed E-state index contributed by atoms with van der Waals surface area (Å²) in [4.78, 5) is 18.7. The summed E-state index contributed by atoms with van der Waals surface area (Å²) < 4.78 is 5.69. The number of ether oxygens (including phenoxy) is 1. The number of carbonyl (C=O) groups excluding carboxylic acids is 1.